The molecule has 0 amide bonds. The molecule has 2 atom stereocenters. The predicted molar refractivity (Wildman–Crippen MR) is 186 cm³/mol. The van der Waals surface area contributed by atoms with Gasteiger partial charge in [-0.15, -0.1) is 12.5 Å². The number of hydroxylamine groups is 1. The minimum absolute atomic E-state index is 0.547. The van der Waals surface area contributed by atoms with Crippen molar-refractivity contribution >= 4 is 54.4 Å². The third-order valence-electron chi connectivity index (χ3n) is 7.32. The quantitative estimate of drug-likeness (QED) is 0.0486. The second-order valence-corrected chi connectivity index (χ2v) is 12.0. The highest BCUT2D eigenvalue weighted by molar-refractivity contribution is 14.1. The van der Waals surface area contributed by atoms with Gasteiger partial charge in [-0.3, -0.25) is 4.84 Å². The number of fused-ring (bicyclic) bond motifs is 1. The van der Waals surface area contributed by atoms with E-state index < -0.39 is 5.72 Å². The fourth-order valence-corrected chi connectivity index (χ4v) is 5.91. The fraction of sp³-hybridized carbons (Fsp3) is 0.455. The molecule has 1 aliphatic heterocycles. The summed E-state index contributed by atoms with van der Waals surface area (Å²) >= 11 is 2.20. The Labute approximate surface area is 263 Å². The van der Waals surface area contributed by atoms with E-state index in [1.807, 2.05) is 15.4 Å². The van der Waals surface area contributed by atoms with E-state index >= 15 is 0 Å². The average Bonchev–Trinajstić information content (AvgIpc) is 2.98. The maximum Gasteiger partial charge on any atom is 0.182 e. The molecule has 1 heterocycles. The van der Waals surface area contributed by atoms with Gasteiger partial charge >= 0.3 is 0 Å². The second-order valence-electron chi connectivity index (χ2n) is 10.3. The number of nitrogens with zero attached hydrogens (tertiary/aromatic N) is 1. The van der Waals surface area contributed by atoms with Gasteiger partial charge in [-0.1, -0.05) is 63.6 Å². The molecule has 0 aliphatic carbocycles. The van der Waals surface area contributed by atoms with Gasteiger partial charge in [0.05, 0.1) is 19.9 Å². The summed E-state index contributed by atoms with van der Waals surface area (Å²) in [6.07, 6.45) is 14.3. The molecule has 0 radical (unpaired) electrons. The molecule has 0 saturated heterocycles. The van der Waals surface area contributed by atoms with E-state index in [0.29, 0.717) is 5.69 Å². The standard InChI is InChI=1S/C33H47IN3O3P/c1-6-12-24(26-16-11-17-30(38-4)32(26)35)15-9-10-20-33(21-22-37(34)39-5)36-28(13-7-2)27-23-25(31(41)14-8-3)18-19-29(27)40-33/h11,13-19,23,36H,6-10,12,20-22,35,41H2,1-5H3/b24-15-,28-13+,31-14-. The molecule has 2 aromatic carbocycles. The van der Waals surface area contributed by atoms with Gasteiger partial charge in [0, 0.05) is 59.1 Å². The van der Waals surface area contributed by atoms with E-state index in [-0.39, 0.29) is 0 Å². The van der Waals surface area contributed by atoms with Crippen molar-refractivity contribution in [1.29, 1.82) is 0 Å². The highest BCUT2D eigenvalue weighted by Gasteiger charge is 2.38. The van der Waals surface area contributed by atoms with Gasteiger partial charge in [-0.25, -0.2) is 0 Å². The first kappa shape index (κ1) is 33.4. The monoisotopic (exact) mass is 691 g/mol. The number of ether oxygens (including phenoxy) is 2. The lowest BCUT2D eigenvalue weighted by Gasteiger charge is -2.42. The summed E-state index contributed by atoms with van der Waals surface area (Å²) in [7, 11) is 6.23. The molecule has 0 fully saturated rings. The van der Waals surface area contributed by atoms with Crippen molar-refractivity contribution in [2.45, 2.75) is 77.9 Å². The minimum Gasteiger partial charge on any atom is -0.495 e. The SMILES string of the molecule is CC/C=C(\P)c1ccc2c(c1)/C(=C\CC)NC(CCC/C=C(/CCC)c1cccc(OC)c1N)(CCN(I)OC)O2. The first-order chi connectivity index (χ1) is 19.8. The first-order valence-electron chi connectivity index (χ1n) is 14.7. The lowest BCUT2D eigenvalue weighted by molar-refractivity contribution is -0.0457. The van der Waals surface area contributed by atoms with Crippen LogP contribution in [0, 0.1) is 0 Å². The number of nitrogens with one attached hydrogen (secondary N) is 1. The molecular formula is C33H47IN3O3P. The number of para-hydroxylation sites is 1. The highest BCUT2D eigenvalue weighted by atomic mass is 127. The lowest BCUT2D eigenvalue weighted by Crippen LogP contribution is -2.53. The molecule has 8 heteroatoms. The van der Waals surface area contributed by atoms with Gasteiger partial charge in [0.2, 0.25) is 0 Å². The molecule has 0 saturated carbocycles. The van der Waals surface area contributed by atoms with Crippen LogP contribution in [0.1, 0.15) is 88.8 Å². The summed E-state index contributed by atoms with van der Waals surface area (Å²) in [4.78, 5) is 5.44. The normalized spacial score (nSPS) is 18.3. The maximum atomic E-state index is 6.85. The molecule has 3 rings (SSSR count). The van der Waals surface area contributed by atoms with Crippen LogP contribution in [-0.2, 0) is 4.84 Å². The molecule has 3 N–H and O–H groups in total. The van der Waals surface area contributed by atoms with E-state index in [2.05, 4.69) is 101 Å². The zero-order chi connectivity index (χ0) is 29.8. The number of methoxy groups -OCH3 is 1. The Balaban J connectivity index is 1.89. The van der Waals surface area contributed by atoms with E-state index in [1.165, 1.54) is 16.5 Å². The van der Waals surface area contributed by atoms with Crippen molar-refractivity contribution < 1.29 is 14.3 Å². The Morgan fingerprint density at radius 3 is 2.61 bits per heavy atom. The Morgan fingerprint density at radius 2 is 1.93 bits per heavy atom. The van der Waals surface area contributed by atoms with Crippen LogP contribution in [-0.4, -0.2) is 29.8 Å². The van der Waals surface area contributed by atoms with Crippen molar-refractivity contribution in [3.05, 3.63) is 71.3 Å². The molecule has 2 aromatic rings. The van der Waals surface area contributed by atoms with E-state index in [9.17, 15) is 0 Å². The van der Waals surface area contributed by atoms with Gasteiger partial charge in [-0.05, 0) is 66.8 Å². The van der Waals surface area contributed by atoms with E-state index in [0.717, 1.165) is 86.2 Å². The molecule has 0 aromatic heterocycles. The van der Waals surface area contributed by atoms with Crippen LogP contribution in [0.15, 0.2) is 54.6 Å². The number of hydrogen-bond donors (Lipinski definition) is 2. The van der Waals surface area contributed by atoms with Crippen molar-refractivity contribution in [3.8, 4) is 11.5 Å². The second kappa shape index (κ2) is 16.5. The van der Waals surface area contributed by atoms with Gasteiger partial charge in [0.1, 0.15) is 11.5 Å². The Hall–Kier alpha value is -2.06. The van der Waals surface area contributed by atoms with Gasteiger partial charge in [-0.2, -0.15) is 0 Å². The smallest absolute Gasteiger partial charge is 0.182 e. The number of halogens is 1. The van der Waals surface area contributed by atoms with Gasteiger partial charge < -0.3 is 20.5 Å². The van der Waals surface area contributed by atoms with E-state index in [1.54, 1.807) is 14.2 Å². The van der Waals surface area contributed by atoms with Crippen LogP contribution < -0.4 is 20.5 Å². The Bertz CT molecular complexity index is 1250. The van der Waals surface area contributed by atoms with Crippen molar-refractivity contribution in [2.75, 3.05) is 26.5 Å². The van der Waals surface area contributed by atoms with Gasteiger partial charge in [0.15, 0.2) is 5.72 Å². The molecule has 224 valence electrons. The molecule has 41 heavy (non-hydrogen) atoms. The highest BCUT2D eigenvalue weighted by Crippen LogP contribution is 2.40. The fourth-order valence-electron chi connectivity index (χ4n) is 5.25. The van der Waals surface area contributed by atoms with Crippen LogP contribution in [0.25, 0.3) is 16.6 Å². The number of nitrogens with two attached hydrogens (primary N) is 1. The maximum absolute atomic E-state index is 6.85. The molecule has 2 unspecified atom stereocenters. The van der Waals surface area contributed by atoms with Gasteiger partial charge in [0.25, 0.3) is 0 Å². The predicted octanol–water partition coefficient (Wildman–Crippen LogP) is 8.99. The largest absolute Gasteiger partial charge is 0.495 e. The number of rotatable bonds is 15. The molecule has 0 bridgehead atoms. The summed E-state index contributed by atoms with van der Waals surface area (Å²) in [5, 5.41) is 5.04. The average molecular weight is 692 g/mol. The minimum atomic E-state index is -0.547. The van der Waals surface area contributed by atoms with Crippen LogP contribution >= 0.6 is 32.1 Å². The number of hydrogen-bond acceptors (Lipinski definition) is 6. The van der Waals surface area contributed by atoms with Crippen LogP contribution in [0.5, 0.6) is 11.5 Å². The molecule has 6 nitrogen and oxygen atoms in total. The summed E-state index contributed by atoms with van der Waals surface area (Å²) in [6.45, 7) is 7.26. The van der Waals surface area contributed by atoms with Crippen molar-refractivity contribution in [3.63, 3.8) is 0 Å². The lowest BCUT2D eigenvalue weighted by atomic mass is 9.94. The number of anilines is 1. The number of nitrogen functional groups attached to an aromatic ring is 1. The summed E-state index contributed by atoms with van der Waals surface area (Å²) in [5.41, 5.74) is 12.4. The molecule has 0 spiro atoms. The number of benzene rings is 2. The number of unbranched alkanes of at least 4 members (excludes halogenated alkanes) is 1. The zero-order valence-electron chi connectivity index (χ0n) is 25.3. The van der Waals surface area contributed by atoms with Crippen molar-refractivity contribution in [1.82, 2.24) is 8.59 Å². The Kier molecular flexibility index (Phi) is 13.5. The zero-order valence-corrected chi connectivity index (χ0v) is 28.6. The van der Waals surface area contributed by atoms with Crippen LogP contribution in [0.3, 0.4) is 0 Å². The van der Waals surface area contributed by atoms with Crippen LogP contribution in [0.4, 0.5) is 5.69 Å². The molecule has 1 aliphatic rings. The van der Waals surface area contributed by atoms with E-state index in [4.69, 9.17) is 20.0 Å². The summed E-state index contributed by atoms with van der Waals surface area (Å²) in [6, 6.07) is 12.5. The summed E-state index contributed by atoms with van der Waals surface area (Å²) < 4.78 is 14.2. The third-order valence-corrected chi connectivity index (χ3v) is 8.76. The topological polar surface area (TPSA) is 69.0 Å². The molecular weight excluding hydrogens is 644 g/mol. The number of allylic oxidation sites excluding steroid dienone is 4. The first-order valence-corrected chi connectivity index (χ1v) is 16.2. The Morgan fingerprint density at radius 1 is 1.12 bits per heavy atom. The summed E-state index contributed by atoms with van der Waals surface area (Å²) in [5.74, 6) is 1.64. The third kappa shape index (κ3) is 8.96. The van der Waals surface area contributed by atoms with Crippen LogP contribution in [0.2, 0.25) is 0 Å². The van der Waals surface area contributed by atoms with Crippen molar-refractivity contribution in [2.24, 2.45) is 0 Å².